The number of rotatable bonds is 4. The van der Waals surface area contributed by atoms with E-state index in [-0.39, 0.29) is 5.91 Å². The predicted molar refractivity (Wildman–Crippen MR) is 58.9 cm³/mol. The van der Waals surface area contributed by atoms with Crippen LogP contribution >= 0.6 is 0 Å². The third-order valence-electron chi connectivity index (χ3n) is 1.87. The maximum absolute atomic E-state index is 11.5. The number of nitrogens with one attached hydrogen (secondary N) is 1. The zero-order chi connectivity index (χ0) is 11.3. The van der Waals surface area contributed by atoms with Crippen LogP contribution in [-0.2, 0) is 4.79 Å². The van der Waals surface area contributed by atoms with Crippen molar-refractivity contribution in [1.82, 2.24) is 4.98 Å². The van der Waals surface area contributed by atoms with Crippen LogP contribution in [-0.4, -0.2) is 18.0 Å². The highest BCUT2D eigenvalue weighted by atomic mass is 16.5. The van der Waals surface area contributed by atoms with Gasteiger partial charge in [-0.3, -0.25) is 9.78 Å². The number of hydrogen-bond donors (Lipinski definition) is 1. The lowest BCUT2D eigenvalue weighted by molar-refractivity contribution is -0.116. The van der Waals surface area contributed by atoms with E-state index in [0.29, 0.717) is 23.8 Å². The van der Waals surface area contributed by atoms with Crippen LogP contribution in [0.2, 0.25) is 0 Å². The molecule has 1 aromatic rings. The molecule has 0 unspecified atom stereocenters. The number of pyridine rings is 1. The first-order valence-corrected chi connectivity index (χ1v) is 4.91. The molecule has 82 valence electrons. The van der Waals surface area contributed by atoms with E-state index in [1.54, 1.807) is 25.6 Å². The molecule has 0 aliphatic heterocycles. The number of methoxy groups -OCH3 is 1. The minimum atomic E-state index is -0.00509. The second-order valence-electron chi connectivity index (χ2n) is 3.72. The van der Waals surface area contributed by atoms with Gasteiger partial charge in [0.15, 0.2) is 5.75 Å². The molecule has 0 atom stereocenters. The molecule has 1 rings (SSSR count). The Hall–Kier alpha value is -1.58. The maximum Gasteiger partial charge on any atom is 0.224 e. The summed E-state index contributed by atoms with van der Waals surface area (Å²) in [6.07, 6.45) is 3.70. The van der Waals surface area contributed by atoms with Gasteiger partial charge >= 0.3 is 0 Å². The van der Waals surface area contributed by atoms with Crippen LogP contribution in [0.3, 0.4) is 0 Å². The van der Waals surface area contributed by atoms with E-state index in [1.165, 1.54) is 0 Å². The summed E-state index contributed by atoms with van der Waals surface area (Å²) in [5.41, 5.74) is 0.665. The fourth-order valence-corrected chi connectivity index (χ4v) is 1.22. The van der Waals surface area contributed by atoms with Crippen LogP contribution in [0, 0.1) is 5.92 Å². The molecule has 0 aromatic carbocycles. The van der Waals surface area contributed by atoms with Crippen molar-refractivity contribution in [3.8, 4) is 5.75 Å². The Balaban J connectivity index is 2.67. The van der Waals surface area contributed by atoms with Gasteiger partial charge in [-0.05, 0) is 12.0 Å². The summed E-state index contributed by atoms with van der Waals surface area (Å²) in [5.74, 6) is 0.918. The van der Waals surface area contributed by atoms with Crippen LogP contribution in [0.15, 0.2) is 18.5 Å². The summed E-state index contributed by atoms with van der Waals surface area (Å²) in [5, 5.41) is 2.79. The molecule has 0 spiro atoms. The zero-order valence-electron chi connectivity index (χ0n) is 9.28. The van der Waals surface area contributed by atoms with Gasteiger partial charge in [-0.2, -0.15) is 0 Å². The third-order valence-corrected chi connectivity index (χ3v) is 1.87. The number of hydrogen-bond acceptors (Lipinski definition) is 3. The quantitative estimate of drug-likeness (QED) is 0.824. The van der Waals surface area contributed by atoms with Crippen molar-refractivity contribution in [1.29, 1.82) is 0 Å². The Labute approximate surface area is 89.7 Å². The number of carbonyl (C=O) groups excluding carboxylic acids is 1. The summed E-state index contributed by atoms with van der Waals surface area (Å²) in [4.78, 5) is 15.4. The minimum Gasteiger partial charge on any atom is -0.493 e. The van der Waals surface area contributed by atoms with Gasteiger partial charge in [0.25, 0.3) is 0 Å². The molecule has 0 bridgehead atoms. The van der Waals surface area contributed by atoms with Crippen molar-refractivity contribution in [2.45, 2.75) is 20.3 Å². The number of ether oxygens (including phenoxy) is 1. The van der Waals surface area contributed by atoms with E-state index in [9.17, 15) is 4.79 Å². The normalized spacial score (nSPS) is 10.1. The summed E-state index contributed by atoms with van der Waals surface area (Å²) in [6.45, 7) is 4.01. The van der Waals surface area contributed by atoms with E-state index in [1.807, 2.05) is 13.8 Å². The molecular weight excluding hydrogens is 192 g/mol. The van der Waals surface area contributed by atoms with Gasteiger partial charge in [0.1, 0.15) is 0 Å². The zero-order valence-corrected chi connectivity index (χ0v) is 9.28. The lowest BCUT2D eigenvalue weighted by Gasteiger charge is -2.10. The molecular formula is C11H16N2O2. The van der Waals surface area contributed by atoms with E-state index < -0.39 is 0 Å². The first-order valence-electron chi connectivity index (χ1n) is 4.91. The van der Waals surface area contributed by atoms with Crippen molar-refractivity contribution >= 4 is 11.6 Å². The van der Waals surface area contributed by atoms with Gasteiger partial charge in [-0.15, -0.1) is 0 Å². The topological polar surface area (TPSA) is 51.2 Å². The average molecular weight is 208 g/mol. The van der Waals surface area contributed by atoms with Crippen molar-refractivity contribution in [2.24, 2.45) is 5.92 Å². The Morgan fingerprint density at radius 1 is 1.60 bits per heavy atom. The number of amides is 1. The second kappa shape index (κ2) is 5.34. The molecule has 0 fully saturated rings. The Bertz CT molecular complexity index is 337. The number of nitrogens with zero attached hydrogens (tertiary/aromatic N) is 1. The predicted octanol–water partition coefficient (Wildman–Crippen LogP) is 2.07. The molecule has 1 N–H and O–H groups in total. The lowest BCUT2D eigenvalue weighted by Crippen LogP contribution is -2.14. The Morgan fingerprint density at radius 2 is 2.33 bits per heavy atom. The molecule has 1 heterocycles. The SMILES string of the molecule is COc1cnccc1NC(=O)CC(C)C. The fourth-order valence-electron chi connectivity index (χ4n) is 1.22. The van der Waals surface area contributed by atoms with Crippen molar-refractivity contribution < 1.29 is 9.53 Å². The van der Waals surface area contributed by atoms with E-state index in [4.69, 9.17) is 4.74 Å². The minimum absolute atomic E-state index is 0.00509. The number of anilines is 1. The molecule has 0 saturated heterocycles. The molecule has 0 aliphatic rings. The maximum atomic E-state index is 11.5. The molecule has 1 aromatic heterocycles. The molecule has 0 radical (unpaired) electrons. The molecule has 0 aliphatic carbocycles. The largest absolute Gasteiger partial charge is 0.493 e. The first kappa shape index (κ1) is 11.5. The molecule has 4 nitrogen and oxygen atoms in total. The molecule has 15 heavy (non-hydrogen) atoms. The Morgan fingerprint density at radius 3 is 2.93 bits per heavy atom. The van der Waals surface area contributed by atoms with Crippen LogP contribution in [0.1, 0.15) is 20.3 Å². The monoisotopic (exact) mass is 208 g/mol. The Kier molecular flexibility index (Phi) is 4.09. The first-order chi connectivity index (χ1) is 7.13. The summed E-state index contributed by atoms with van der Waals surface area (Å²) in [7, 11) is 1.55. The summed E-state index contributed by atoms with van der Waals surface area (Å²) < 4.78 is 5.07. The number of carbonyl (C=O) groups is 1. The van der Waals surface area contributed by atoms with E-state index in [2.05, 4.69) is 10.3 Å². The van der Waals surface area contributed by atoms with Gasteiger partial charge in [-0.1, -0.05) is 13.8 Å². The lowest BCUT2D eigenvalue weighted by atomic mass is 10.1. The standard InChI is InChI=1S/C11H16N2O2/c1-8(2)6-11(14)13-9-4-5-12-7-10(9)15-3/h4-5,7-8H,6H2,1-3H3,(H,12,13,14). The van der Waals surface area contributed by atoms with Crippen LogP contribution < -0.4 is 10.1 Å². The van der Waals surface area contributed by atoms with Crippen molar-refractivity contribution in [3.05, 3.63) is 18.5 Å². The van der Waals surface area contributed by atoms with Crippen molar-refractivity contribution in [2.75, 3.05) is 12.4 Å². The molecule has 0 saturated carbocycles. The summed E-state index contributed by atoms with van der Waals surface area (Å²) in [6, 6.07) is 1.72. The highest BCUT2D eigenvalue weighted by Crippen LogP contribution is 2.21. The van der Waals surface area contributed by atoms with Crippen molar-refractivity contribution in [3.63, 3.8) is 0 Å². The summed E-state index contributed by atoms with van der Waals surface area (Å²) >= 11 is 0. The average Bonchev–Trinajstić information content (AvgIpc) is 2.17. The van der Waals surface area contributed by atoms with Gasteiger partial charge in [0.05, 0.1) is 19.0 Å². The highest BCUT2D eigenvalue weighted by Gasteiger charge is 2.08. The highest BCUT2D eigenvalue weighted by molar-refractivity contribution is 5.92. The molecule has 4 heteroatoms. The third kappa shape index (κ3) is 3.58. The second-order valence-corrected chi connectivity index (χ2v) is 3.72. The smallest absolute Gasteiger partial charge is 0.224 e. The number of aromatic nitrogens is 1. The van der Waals surface area contributed by atoms with Gasteiger partial charge < -0.3 is 10.1 Å². The van der Waals surface area contributed by atoms with Crippen LogP contribution in [0.4, 0.5) is 5.69 Å². The van der Waals surface area contributed by atoms with Gasteiger partial charge in [0.2, 0.25) is 5.91 Å². The molecule has 1 amide bonds. The van der Waals surface area contributed by atoms with E-state index >= 15 is 0 Å². The fraction of sp³-hybridized carbons (Fsp3) is 0.455. The van der Waals surface area contributed by atoms with Crippen LogP contribution in [0.5, 0.6) is 5.75 Å². The van der Waals surface area contributed by atoms with Crippen LogP contribution in [0.25, 0.3) is 0 Å². The van der Waals surface area contributed by atoms with E-state index in [0.717, 1.165) is 0 Å². The van der Waals surface area contributed by atoms with Gasteiger partial charge in [0, 0.05) is 12.6 Å². The van der Waals surface area contributed by atoms with Gasteiger partial charge in [-0.25, -0.2) is 0 Å².